The minimum absolute atomic E-state index is 0.895. The summed E-state index contributed by atoms with van der Waals surface area (Å²) in [5.74, 6) is 0. The van der Waals surface area contributed by atoms with Gasteiger partial charge in [0.05, 0.1) is 16.7 Å². The van der Waals surface area contributed by atoms with E-state index >= 15 is 0 Å². The van der Waals surface area contributed by atoms with Crippen LogP contribution in [0.3, 0.4) is 0 Å². The fourth-order valence-corrected chi connectivity index (χ4v) is 9.27. The first-order chi connectivity index (χ1) is 30.2. The van der Waals surface area contributed by atoms with Gasteiger partial charge >= 0.3 is 0 Å². The van der Waals surface area contributed by atoms with Crippen LogP contribution in [0, 0.1) is 0 Å². The summed E-state index contributed by atoms with van der Waals surface area (Å²) in [5, 5.41) is 7.12. The summed E-state index contributed by atoms with van der Waals surface area (Å²) < 4.78 is 8.93. The number of rotatable bonds is 7. The predicted octanol–water partition coefficient (Wildman–Crippen LogP) is 16.3. The summed E-state index contributed by atoms with van der Waals surface area (Å²) >= 11 is 0. The molecule has 0 N–H and O–H groups in total. The number of aromatic nitrogens is 1. The third kappa shape index (κ3) is 5.90. The van der Waals surface area contributed by atoms with Gasteiger partial charge in [0, 0.05) is 49.6 Å². The van der Waals surface area contributed by atoms with E-state index in [1.807, 2.05) is 0 Å². The standard InChI is InChI=1S/C58H38N2O/c1-2-13-41(14-3-1)48-18-6-9-22-54(48)59(46-33-27-40(28-34-46)44-30-35-52-53-36-29-42-15-4-5-19-49(42)58(53)61-57(52)38-44)45-31-25-39(26-32-45)43-16-12-17-47(37-43)60-55-23-10-7-20-50(55)51-21-8-11-24-56(51)60/h1-38H. The summed E-state index contributed by atoms with van der Waals surface area (Å²) in [6, 6.07) is 82.8. The van der Waals surface area contributed by atoms with Crippen LogP contribution >= 0.6 is 0 Å². The van der Waals surface area contributed by atoms with Crippen molar-refractivity contribution >= 4 is 71.6 Å². The molecule has 0 radical (unpaired) electrons. The Balaban J connectivity index is 0.931. The molecule has 2 heterocycles. The van der Waals surface area contributed by atoms with E-state index in [0.717, 1.165) is 72.3 Å². The van der Waals surface area contributed by atoms with E-state index < -0.39 is 0 Å². The van der Waals surface area contributed by atoms with Crippen LogP contribution < -0.4 is 4.90 Å². The van der Waals surface area contributed by atoms with E-state index in [1.54, 1.807) is 0 Å². The lowest BCUT2D eigenvalue weighted by molar-refractivity contribution is 0.673. The first-order valence-corrected chi connectivity index (χ1v) is 20.8. The van der Waals surface area contributed by atoms with Crippen LogP contribution in [0.5, 0.6) is 0 Å². The normalized spacial score (nSPS) is 11.6. The van der Waals surface area contributed by atoms with Crippen LogP contribution in [0.15, 0.2) is 235 Å². The fraction of sp³-hybridized carbons (Fsp3) is 0. The second-order valence-electron chi connectivity index (χ2n) is 15.7. The average Bonchev–Trinajstić information content (AvgIpc) is 3.88. The molecule has 0 bridgehead atoms. The summed E-state index contributed by atoms with van der Waals surface area (Å²) in [7, 11) is 0. The van der Waals surface area contributed by atoms with Gasteiger partial charge in [-0.1, -0.05) is 158 Å². The Morgan fingerprint density at radius 2 is 0.902 bits per heavy atom. The topological polar surface area (TPSA) is 21.3 Å². The largest absolute Gasteiger partial charge is 0.455 e. The van der Waals surface area contributed by atoms with Crippen LogP contribution in [0.2, 0.25) is 0 Å². The first-order valence-electron chi connectivity index (χ1n) is 20.8. The van der Waals surface area contributed by atoms with Crippen LogP contribution in [0.25, 0.3) is 93.6 Å². The molecular weight excluding hydrogens is 741 g/mol. The molecule has 12 aromatic rings. The summed E-state index contributed by atoms with van der Waals surface area (Å²) in [5.41, 5.74) is 15.6. The van der Waals surface area contributed by atoms with E-state index in [0.29, 0.717) is 0 Å². The number of nitrogens with zero attached hydrogens (tertiary/aromatic N) is 2. The Kier molecular flexibility index (Phi) is 8.17. The van der Waals surface area contributed by atoms with Gasteiger partial charge in [-0.25, -0.2) is 0 Å². The Labute approximate surface area is 353 Å². The maximum Gasteiger partial charge on any atom is 0.143 e. The molecule has 0 atom stereocenters. The molecule has 3 nitrogen and oxygen atoms in total. The van der Waals surface area contributed by atoms with Gasteiger partial charge in [0.2, 0.25) is 0 Å². The quantitative estimate of drug-likeness (QED) is 0.161. The second kappa shape index (κ2) is 14.3. The molecule has 0 spiro atoms. The first kappa shape index (κ1) is 34.9. The van der Waals surface area contributed by atoms with Gasteiger partial charge in [-0.15, -0.1) is 0 Å². The van der Waals surface area contributed by atoms with Crippen LogP contribution in [0.1, 0.15) is 0 Å². The van der Waals surface area contributed by atoms with Gasteiger partial charge in [-0.3, -0.25) is 0 Å². The van der Waals surface area contributed by atoms with Gasteiger partial charge in [0.1, 0.15) is 11.2 Å². The molecule has 0 saturated carbocycles. The van der Waals surface area contributed by atoms with Crippen molar-refractivity contribution < 1.29 is 4.42 Å². The van der Waals surface area contributed by atoms with E-state index in [2.05, 4.69) is 240 Å². The highest BCUT2D eigenvalue weighted by Gasteiger charge is 2.19. The SMILES string of the molecule is c1ccc(-c2ccccc2N(c2ccc(-c3cccc(-n4c5ccccc5c5ccccc54)c3)cc2)c2ccc(-c3ccc4c(c3)oc3c5ccccc5ccc43)cc2)cc1. The molecule has 3 heteroatoms. The maximum absolute atomic E-state index is 6.55. The van der Waals surface area contributed by atoms with Crippen molar-refractivity contribution in [3.8, 4) is 39.1 Å². The van der Waals surface area contributed by atoms with Crippen molar-refractivity contribution in [3.63, 3.8) is 0 Å². The molecule has 0 amide bonds. The van der Waals surface area contributed by atoms with Crippen LogP contribution in [0.4, 0.5) is 17.1 Å². The molecule has 0 unspecified atom stereocenters. The van der Waals surface area contributed by atoms with Gasteiger partial charge in [-0.05, 0) is 106 Å². The lowest BCUT2D eigenvalue weighted by Crippen LogP contribution is -2.11. The Bertz CT molecular complexity index is 3520. The molecule has 0 aliphatic heterocycles. The molecule has 61 heavy (non-hydrogen) atoms. The van der Waals surface area contributed by atoms with Crippen LogP contribution in [-0.2, 0) is 0 Å². The number of hydrogen-bond acceptors (Lipinski definition) is 2. The van der Waals surface area contributed by atoms with Crippen molar-refractivity contribution in [1.82, 2.24) is 4.57 Å². The Morgan fingerprint density at radius 3 is 1.62 bits per heavy atom. The molecular formula is C58H38N2O. The minimum atomic E-state index is 0.895. The Hall–Kier alpha value is -8.14. The van der Waals surface area contributed by atoms with Crippen molar-refractivity contribution in [2.45, 2.75) is 0 Å². The predicted molar refractivity (Wildman–Crippen MR) is 257 cm³/mol. The van der Waals surface area contributed by atoms with Gasteiger partial charge < -0.3 is 13.9 Å². The second-order valence-corrected chi connectivity index (χ2v) is 15.7. The van der Waals surface area contributed by atoms with Crippen molar-refractivity contribution in [2.24, 2.45) is 0 Å². The molecule has 0 aliphatic carbocycles. The zero-order valence-corrected chi connectivity index (χ0v) is 33.2. The number of benzene rings is 10. The zero-order chi connectivity index (χ0) is 40.3. The fourth-order valence-electron chi connectivity index (χ4n) is 9.27. The van der Waals surface area contributed by atoms with Gasteiger partial charge in [-0.2, -0.15) is 0 Å². The summed E-state index contributed by atoms with van der Waals surface area (Å²) in [4.78, 5) is 2.37. The van der Waals surface area contributed by atoms with Crippen molar-refractivity contribution in [1.29, 1.82) is 0 Å². The zero-order valence-electron chi connectivity index (χ0n) is 33.2. The monoisotopic (exact) mass is 778 g/mol. The summed E-state index contributed by atoms with van der Waals surface area (Å²) in [6.45, 7) is 0. The Morgan fingerprint density at radius 1 is 0.344 bits per heavy atom. The number of fused-ring (bicyclic) bond motifs is 8. The lowest BCUT2D eigenvalue weighted by atomic mass is 10.00. The molecule has 0 fully saturated rings. The molecule has 2 aromatic heterocycles. The highest BCUT2D eigenvalue weighted by molar-refractivity contribution is 6.15. The van der Waals surface area contributed by atoms with Gasteiger partial charge in [0.25, 0.3) is 0 Å². The molecule has 286 valence electrons. The number of furan rings is 1. The minimum Gasteiger partial charge on any atom is -0.455 e. The third-order valence-electron chi connectivity index (χ3n) is 12.2. The van der Waals surface area contributed by atoms with Crippen molar-refractivity contribution in [2.75, 3.05) is 4.90 Å². The van der Waals surface area contributed by atoms with E-state index in [4.69, 9.17) is 4.42 Å². The van der Waals surface area contributed by atoms with Crippen molar-refractivity contribution in [3.05, 3.63) is 231 Å². The summed E-state index contributed by atoms with van der Waals surface area (Å²) in [6.07, 6.45) is 0. The number of anilines is 3. The van der Waals surface area contributed by atoms with E-state index in [1.165, 1.54) is 38.3 Å². The molecule has 0 aliphatic rings. The highest BCUT2D eigenvalue weighted by atomic mass is 16.3. The molecule has 10 aromatic carbocycles. The smallest absolute Gasteiger partial charge is 0.143 e. The average molecular weight is 779 g/mol. The maximum atomic E-state index is 6.55. The van der Waals surface area contributed by atoms with Gasteiger partial charge in [0.15, 0.2) is 0 Å². The third-order valence-corrected chi connectivity index (χ3v) is 12.2. The van der Waals surface area contributed by atoms with E-state index in [9.17, 15) is 0 Å². The lowest BCUT2D eigenvalue weighted by Gasteiger charge is -2.28. The highest BCUT2D eigenvalue weighted by Crippen LogP contribution is 2.43. The van der Waals surface area contributed by atoms with E-state index in [-0.39, 0.29) is 0 Å². The molecule has 0 saturated heterocycles. The number of hydrogen-bond donors (Lipinski definition) is 0. The van der Waals surface area contributed by atoms with Crippen LogP contribution in [-0.4, -0.2) is 4.57 Å². The molecule has 12 rings (SSSR count). The number of para-hydroxylation sites is 3.